The largest absolute Gasteiger partial charge is 0.345 e. The fourth-order valence-electron chi connectivity index (χ4n) is 4.67. The number of rotatable bonds is 8. The maximum atomic E-state index is 13.6. The fraction of sp³-hybridized carbons (Fsp3) is 0.231. The van der Waals surface area contributed by atoms with E-state index in [2.05, 4.69) is 4.98 Å². The molecule has 3 heterocycles. The van der Waals surface area contributed by atoms with Crippen LogP contribution in [0.2, 0.25) is 0 Å². The van der Waals surface area contributed by atoms with Crippen LogP contribution in [-0.4, -0.2) is 47.4 Å². The number of nitrogens with one attached hydrogen (secondary N) is 1. The molecule has 0 aliphatic carbocycles. The predicted molar refractivity (Wildman–Crippen MR) is 149 cm³/mol. The zero-order valence-corrected chi connectivity index (χ0v) is 23.1. The van der Waals surface area contributed by atoms with Crippen molar-refractivity contribution in [3.63, 3.8) is 0 Å². The van der Waals surface area contributed by atoms with Gasteiger partial charge in [-0.25, -0.2) is 26.2 Å². The zero-order valence-electron chi connectivity index (χ0n) is 21.4. The number of halogens is 1. The van der Waals surface area contributed by atoms with Gasteiger partial charge in [-0.15, -0.1) is 0 Å². The molecule has 0 unspecified atom stereocenters. The van der Waals surface area contributed by atoms with Crippen molar-refractivity contribution in [2.75, 3.05) is 15.2 Å². The van der Waals surface area contributed by atoms with Crippen LogP contribution in [0.3, 0.4) is 0 Å². The second kappa shape index (κ2) is 9.65. The molecule has 0 radical (unpaired) electrons. The highest BCUT2D eigenvalue weighted by Crippen LogP contribution is 2.36. The molecule has 5 rings (SSSR count). The molecule has 204 valence electrons. The number of hydrogen-bond donors (Lipinski definition) is 1. The Morgan fingerprint density at radius 1 is 0.974 bits per heavy atom. The quantitative estimate of drug-likeness (QED) is 0.303. The Morgan fingerprint density at radius 3 is 2.28 bits per heavy atom. The second-order valence-corrected chi connectivity index (χ2v) is 13.5. The van der Waals surface area contributed by atoms with Gasteiger partial charge in [-0.3, -0.25) is 4.79 Å². The van der Waals surface area contributed by atoms with E-state index in [9.17, 15) is 26.0 Å². The number of pyridine rings is 1. The summed E-state index contributed by atoms with van der Waals surface area (Å²) < 4.78 is 69.9. The average Bonchev–Trinajstić information content (AvgIpc) is 3.44. The molecule has 0 spiro atoms. The average molecular weight is 572 g/mol. The first kappa shape index (κ1) is 26.6. The van der Waals surface area contributed by atoms with Gasteiger partial charge in [-0.05, 0) is 49.7 Å². The van der Waals surface area contributed by atoms with Crippen LogP contribution in [0.5, 0.6) is 0 Å². The van der Waals surface area contributed by atoms with E-state index in [1.54, 1.807) is 52.7 Å². The number of fused-ring (bicyclic) bond motifs is 2. The summed E-state index contributed by atoms with van der Waals surface area (Å²) in [5, 5.41) is 0.609. The van der Waals surface area contributed by atoms with Crippen LogP contribution in [-0.2, 0) is 33.6 Å². The van der Waals surface area contributed by atoms with Gasteiger partial charge in [0, 0.05) is 36.9 Å². The molecule has 3 aromatic heterocycles. The predicted octanol–water partition coefficient (Wildman–Crippen LogP) is 3.58. The topological polar surface area (TPSA) is 127 Å². The summed E-state index contributed by atoms with van der Waals surface area (Å²) in [5.41, 5.74) is 1.98. The van der Waals surface area contributed by atoms with E-state index in [1.165, 1.54) is 38.2 Å². The summed E-state index contributed by atoms with van der Waals surface area (Å²) >= 11 is 0. The summed E-state index contributed by atoms with van der Waals surface area (Å²) in [7, 11) is -6.75. The summed E-state index contributed by atoms with van der Waals surface area (Å²) in [4.78, 5) is 20.0. The summed E-state index contributed by atoms with van der Waals surface area (Å²) in [6.45, 7) is 2.97. The Hall–Kier alpha value is -3.97. The molecule has 13 heteroatoms. The third kappa shape index (κ3) is 4.51. The van der Waals surface area contributed by atoms with Crippen LogP contribution < -0.4 is 9.27 Å². The lowest BCUT2D eigenvalue weighted by Crippen LogP contribution is -2.39. The minimum atomic E-state index is -4.24. The number of para-hydroxylation sites is 1. The Balaban J connectivity index is 1.87. The first-order valence-corrected chi connectivity index (χ1v) is 15.4. The third-order valence-electron chi connectivity index (χ3n) is 6.58. The van der Waals surface area contributed by atoms with E-state index in [-0.39, 0.29) is 23.3 Å². The van der Waals surface area contributed by atoms with E-state index in [0.717, 1.165) is 5.56 Å². The number of H-pyrrole nitrogens is 1. The molecule has 0 saturated heterocycles. The maximum Gasteiger partial charge on any atom is 0.272 e. The van der Waals surface area contributed by atoms with Crippen molar-refractivity contribution in [1.29, 1.82) is 0 Å². The molecule has 39 heavy (non-hydrogen) atoms. The van der Waals surface area contributed by atoms with Gasteiger partial charge in [-0.2, -0.15) is 3.71 Å². The Labute approximate surface area is 224 Å². The zero-order chi connectivity index (χ0) is 28.1. The normalized spacial score (nSPS) is 12.4. The van der Waals surface area contributed by atoms with Crippen molar-refractivity contribution in [2.45, 2.75) is 20.4 Å². The van der Waals surface area contributed by atoms with Gasteiger partial charge in [-0.1, -0.05) is 18.2 Å². The summed E-state index contributed by atoms with van der Waals surface area (Å²) in [6.07, 6.45) is 3.27. The molecule has 0 aliphatic rings. The van der Waals surface area contributed by atoms with Gasteiger partial charge in [0.15, 0.2) is 0 Å². The fourth-order valence-corrected chi connectivity index (χ4v) is 8.05. The highest BCUT2D eigenvalue weighted by Gasteiger charge is 2.34. The number of aromatic nitrogens is 4. The molecule has 0 saturated carbocycles. The second-order valence-electron chi connectivity index (χ2n) is 9.01. The van der Waals surface area contributed by atoms with Crippen LogP contribution >= 0.6 is 0 Å². The lowest BCUT2D eigenvalue weighted by molar-refractivity contribution is 0.585. The maximum absolute atomic E-state index is 13.6. The van der Waals surface area contributed by atoms with Gasteiger partial charge in [0.2, 0.25) is 20.0 Å². The van der Waals surface area contributed by atoms with Crippen LogP contribution in [0, 0.1) is 5.82 Å². The minimum absolute atomic E-state index is 0.0895. The number of nitrogens with zero attached hydrogens (tertiary/aromatic N) is 4. The number of imidazole rings is 1. The van der Waals surface area contributed by atoms with Gasteiger partial charge in [0.1, 0.15) is 22.7 Å². The van der Waals surface area contributed by atoms with Gasteiger partial charge in [0.05, 0.1) is 22.7 Å². The number of benzene rings is 2. The number of sulfonamides is 2. The molecule has 0 amide bonds. The molecule has 0 aliphatic heterocycles. The summed E-state index contributed by atoms with van der Waals surface area (Å²) in [6, 6.07) is 12.4. The standard InChI is InChI=1S/C26H26FN5O5S2/c1-4-38(34,35)32(39(36,37)5-2)22-8-6-7-21-23(22)29-25(31(21)15-17-9-11-18(27)12-10-17)20-16-30(3)24-19(20)13-14-28-26(24)33/h6-14,16H,4-5,15H2,1-3H3,(H,28,33). The molecule has 10 nitrogen and oxygen atoms in total. The number of aromatic amines is 1. The van der Waals surface area contributed by atoms with E-state index in [0.29, 0.717) is 31.5 Å². The monoisotopic (exact) mass is 571 g/mol. The van der Waals surface area contributed by atoms with Crippen molar-refractivity contribution >= 4 is 47.7 Å². The molecule has 5 aromatic rings. The van der Waals surface area contributed by atoms with E-state index in [4.69, 9.17) is 4.98 Å². The number of aryl methyl sites for hydroxylation is 1. The van der Waals surface area contributed by atoms with Crippen molar-refractivity contribution in [1.82, 2.24) is 19.1 Å². The molecule has 0 fully saturated rings. The number of hydrogen-bond acceptors (Lipinski definition) is 6. The first-order valence-electron chi connectivity index (χ1n) is 12.1. The van der Waals surface area contributed by atoms with Crippen LogP contribution in [0.25, 0.3) is 33.3 Å². The van der Waals surface area contributed by atoms with E-state index in [1.807, 2.05) is 0 Å². The van der Waals surface area contributed by atoms with Gasteiger partial charge >= 0.3 is 0 Å². The Morgan fingerprint density at radius 2 is 1.64 bits per heavy atom. The molecule has 1 N–H and O–H groups in total. The van der Waals surface area contributed by atoms with Gasteiger partial charge in [0.25, 0.3) is 5.56 Å². The Bertz CT molecular complexity index is 1960. The highest BCUT2D eigenvalue weighted by atomic mass is 32.3. The SMILES string of the molecule is CCS(=O)(=O)N(c1cccc2c1nc(-c1cn(C)c3c(=O)[nH]ccc13)n2Cc1ccc(F)cc1)S(=O)(=O)CC. The first-order chi connectivity index (χ1) is 18.5. The molecule has 2 aromatic carbocycles. The van der Waals surface area contributed by atoms with E-state index >= 15 is 0 Å². The van der Waals surface area contributed by atoms with Crippen LogP contribution in [0.4, 0.5) is 10.1 Å². The van der Waals surface area contributed by atoms with Crippen molar-refractivity contribution in [3.05, 3.63) is 82.7 Å². The lowest BCUT2D eigenvalue weighted by atomic mass is 10.2. The van der Waals surface area contributed by atoms with E-state index < -0.39 is 37.4 Å². The molecule has 0 atom stereocenters. The molecule has 0 bridgehead atoms. The third-order valence-corrected chi connectivity index (χ3v) is 10.8. The summed E-state index contributed by atoms with van der Waals surface area (Å²) in [5.74, 6) is -0.869. The van der Waals surface area contributed by atoms with Crippen molar-refractivity contribution in [3.8, 4) is 11.4 Å². The Kier molecular flexibility index (Phi) is 6.59. The molecular formula is C26H26FN5O5S2. The lowest BCUT2D eigenvalue weighted by Gasteiger charge is -2.23. The van der Waals surface area contributed by atoms with Gasteiger partial charge < -0.3 is 14.1 Å². The number of anilines is 1. The minimum Gasteiger partial charge on any atom is -0.345 e. The van der Waals surface area contributed by atoms with Crippen LogP contribution in [0.1, 0.15) is 19.4 Å². The highest BCUT2D eigenvalue weighted by molar-refractivity contribution is 8.10. The van der Waals surface area contributed by atoms with Crippen LogP contribution in [0.15, 0.2) is 65.7 Å². The smallest absolute Gasteiger partial charge is 0.272 e. The van der Waals surface area contributed by atoms with Crippen molar-refractivity contribution in [2.24, 2.45) is 7.05 Å². The molecular weight excluding hydrogens is 545 g/mol. The van der Waals surface area contributed by atoms with Crippen molar-refractivity contribution < 1.29 is 21.2 Å².